The highest BCUT2D eigenvalue weighted by Gasteiger charge is 2.34. The molecule has 1 aromatic carbocycles. The highest BCUT2D eigenvalue weighted by atomic mass is 32.1. The second kappa shape index (κ2) is 6.88. The van der Waals surface area contributed by atoms with Crippen LogP contribution in [0, 0.1) is 0 Å². The van der Waals surface area contributed by atoms with E-state index in [1.54, 1.807) is 0 Å². The summed E-state index contributed by atoms with van der Waals surface area (Å²) in [5.41, 5.74) is 1.31. The summed E-state index contributed by atoms with van der Waals surface area (Å²) in [6.45, 7) is 4.13. The Morgan fingerprint density at radius 1 is 1.04 bits per heavy atom. The van der Waals surface area contributed by atoms with Gasteiger partial charge in [0.25, 0.3) is 0 Å². The lowest BCUT2D eigenvalue weighted by molar-refractivity contribution is -0.134. The van der Waals surface area contributed by atoms with E-state index in [1.807, 2.05) is 23.1 Å². The van der Waals surface area contributed by atoms with Crippen LogP contribution in [0.1, 0.15) is 10.4 Å². The Bertz CT molecular complexity index is 619. The Labute approximate surface area is 137 Å². The fourth-order valence-electron chi connectivity index (χ4n) is 2.64. The lowest BCUT2D eigenvalue weighted by Gasteiger charge is -2.34. The number of alkyl halides is 3. The molecule has 0 atom stereocenters. The average Bonchev–Trinajstić information content (AvgIpc) is 3.05. The summed E-state index contributed by atoms with van der Waals surface area (Å²) < 4.78 is 37.9. The van der Waals surface area contributed by atoms with Crippen molar-refractivity contribution in [1.29, 1.82) is 0 Å². The van der Waals surface area contributed by atoms with Crippen molar-refractivity contribution < 1.29 is 13.2 Å². The normalized spacial score (nSPS) is 16.7. The Balaban J connectivity index is 1.49. The number of hydrogen-bond acceptors (Lipinski definition) is 4. The average molecular weight is 341 g/mol. The number of anilines is 1. The summed E-state index contributed by atoms with van der Waals surface area (Å²) in [7, 11) is 0. The fraction of sp³-hybridized carbons (Fsp3) is 0.438. The summed E-state index contributed by atoms with van der Waals surface area (Å²) in [6, 6.07) is 10.3. The number of thiazole rings is 1. The molecule has 7 heteroatoms. The van der Waals surface area contributed by atoms with E-state index in [4.69, 9.17) is 0 Å². The van der Waals surface area contributed by atoms with E-state index in [2.05, 4.69) is 22.0 Å². The minimum absolute atomic E-state index is 0.472. The van der Waals surface area contributed by atoms with Crippen LogP contribution in [-0.2, 0) is 12.6 Å². The van der Waals surface area contributed by atoms with Crippen LogP contribution in [0.25, 0.3) is 0 Å². The Hall–Kier alpha value is -1.60. The highest BCUT2D eigenvalue weighted by molar-refractivity contribution is 7.15. The largest absolute Gasteiger partial charge is 0.427 e. The summed E-state index contributed by atoms with van der Waals surface area (Å²) in [6.07, 6.45) is -2.37. The van der Waals surface area contributed by atoms with Gasteiger partial charge in [-0.2, -0.15) is 13.2 Å². The first-order valence-electron chi connectivity index (χ1n) is 7.56. The third kappa shape index (κ3) is 4.23. The maximum atomic E-state index is 12.6. The van der Waals surface area contributed by atoms with Crippen LogP contribution in [0.15, 0.2) is 36.5 Å². The van der Waals surface area contributed by atoms with E-state index < -0.39 is 11.1 Å². The van der Waals surface area contributed by atoms with Crippen LogP contribution in [0.3, 0.4) is 0 Å². The van der Waals surface area contributed by atoms with E-state index >= 15 is 0 Å². The SMILES string of the molecule is FC(F)(F)c1cnc(N2CCN(CCc3ccccc3)CC2)s1. The van der Waals surface area contributed by atoms with E-state index in [9.17, 15) is 13.2 Å². The molecule has 0 N–H and O–H groups in total. The quantitative estimate of drug-likeness (QED) is 0.848. The Kier molecular flexibility index (Phi) is 4.87. The van der Waals surface area contributed by atoms with Crippen molar-refractivity contribution >= 4 is 16.5 Å². The number of halogens is 3. The van der Waals surface area contributed by atoms with Crippen LogP contribution in [-0.4, -0.2) is 42.6 Å². The van der Waals surface area contributed by atoms with Gasteiger partial charge in [-0.1, -0.05) is 41.7 Å². The van der Waals surface area contributed by atoms with Gasteiger partial charge < -0.3 is 4.90 Å². The molecule has 23 heavy (non-hydrogen) atoms. The molecule has 0 saturated carbocycles. The summed E-state index contributed by atoms with van der Waals surface area (Å²) in [5.74, 6) is 0. The molecule has 1 aliphatic rings. The number of nitrogens with zero attached hydrogens (tertiary/aromatic N) is 3. The number of benzene rings is 1. The standard InChI is InChI=1S/C16H18F3N3S/c17-16(18,19)14-12-20-15(23-14)22-10-8-21(9-11-22)7-6-13-4-2-1-3-5-13/h1-5,12H,6-11H2. The number of rotatable bonds is 4. The molecule has 1 fully saturated rings. The molecule has 124 valence electrons. The molecular formula is C16H18F3N3S. The second-order valence-electron chi connectivity index (χ2n) is 5.57. The first kappa shape index (κ1) is 16.3. The molecule has 0 radical (unpaired) electrons. The first-order valence-corrected chi connectivity index (χ1v) is 8.38. The predicted molar refractivity (Wildman–Crippen MR) is 85.9 cm³/mol. The van der Waals surface area contributed by atoms with Gasteiger partial charge in [-0.15, -0.1) is 0 Å². The summed E-state index contributed by atoms with van der Waals surface area (Å²) in [4.78, 5) is 7.60. The van der Waals surface area contributed by atoms with Crippen molar-refractivity contribution in [1.82, 2.24) is 9.88 Å². The van der Waals surface area contributed by atoms with Gasteiger partial charge in [0.05, 0.1) is 6.20 Å². The molecule has 3 rings (SSSR count). The monoisotopic (exact) mass is 341 g/mol. The third-order valence-corrected chi connectivity index (χ3v) is 5.08. The lowest BCUT2D eigenvalue weighted by Crippen LogP contribution is -2.46. The van der Waals surface area contributed by atoms with Gasteiger partial charge in [-0.25, -0.2) is 4.98 Å². The summed E-state index contributed by atoms with van der Waals surface area (Å²) in [5, 5.41) is 0.472. The van der Waals surface area contributed by atoms with E-state index in [1.165, 1.54) is 5.56 Å². The number of piperazine rings is 1. The first-order chi connectivity index (χ1) is 11.0. The van der Waals surface area contributed by atoms with Gasteiger partial charge >= 0.3 is 6.18 Å². The molecule has 3 nitrogen and oxygen atoms in total. The zero-order valence-corrected chi connectivity index (χ0v) is 13.4. The minimum Gasteiger partial charge on any atom is -0.346 e. The van der Waals surface area contributed by atoms with E-state index in [0.29, 0.717) is 5.13 Å². The van der Waals surface area contributed by atoms with Crippen LogP contribution in [0.4, 0.5) is 18.3 Å². The van der Waals surface area contributed by atoms with Crippen LogP contribution < -0.4 is 4.90 Å². The lowest BCUT2D eigenvalue weighted by atomic mass is 10.1. The van der Waals surface area contributed by atoms with Crippen molar-refractivity contribution in [2.75, 3.05) is 37.6 Å². The topological polar surface area (TPSA) is 19.4 Å². The van der Waals surface area contributed by atoms with Gasteiger partial charge in [0.15, 0.2) is 5.13 Å². The molecule has 0 amide bonds. The van der Waals surface area contributed by atoms with Crippen molar-refractivity contribution in [3.05, 3.63) is 47.0 Å². The maximum absolute atomic E-state index is 12.6. The van der Waals surface area contributed by atoms with Gasteiger partial charge in [0.1, 0.15) is 4.88 Å². The van der Waals surface area contributed by atoms with Crippen molar-refractivity contribution in [3.63, 3.8) is 0 Å². The van der Waals surface area contributed by atoms with Crippen LogP contribution >= 0.6 is 11.3 Å². The fourth-order valence-corrected chi connectivity index (χ4v) is 3.47. The minimum atomic E-state index is -4.30. The zero-order chi connectivity index (χ0) is 16.3. The molecule has 2 heterocycles. The molecule has 0 unspecified atom stereocenters. The molecule has 0 aliphatic carbocycles. The maximum Gasteiger partial charge on any atom is 0.427 e. The van der Waals surface area contributed by atoms with E-state index in [0.717, 1.165) is 56.7 Å². The zero-order valence-electron chi connectivity index (χ0n) is 12.6. The molecule has 1 saturated heterocycles. The second-order valence-corrected chi connectivity index (χ2v) is 6.58. The molecule has 1 aromatic heterocycles. The summed E-state index contributed by atoms with van der Waals surface area (Å²) >= 11 is 0.729. The highest BCUT2D eigenvalue weighted by Crippen LogP contribution is 2.36. The van der Waals surface area contributed by atoms with Gasteiger partial charge in [-0.05, 0) is 12.0 Å². The Morgan fingerprint density at radius 2 is 1.74 bits per heavy atom. The smallest absolute Gasteiger partial charge is 0.346 e. The number of hydrogen-bond donors (Lipinski definition) is 0. The van der Waals surface area contributed by atoms with Crippen molar-refractivity contribution in [2.24, 2.45) is 0 Å². The Morgan fingerprint density at radius 3 is 2.35 bits per heavy atom. The third-order valence-electron chi connectivity index (χ3n) is 3.98. The van der Waals surface area contributed by atoms with E-state index in [-0.39, 0.29) is 0 Å². The van der Waals surface area contributed by atoms with Crippen LogP contribution in [0.2, 0.25) is 0 Å². The van der Waals surface area contributed by atoms with Crippen LogP contribution in [0.5, 0.6) is 0 Å². The molecular weight excluding hydrogens is 323 g/mol. The molecule has 0 spiro atoms. The molecule has 2 aromatic rings. The van der Waals surface area contributed by atoms with Gasteiger partial charge in [0.2, 0.25) is 0 Å². The van der Waals surface area contributed by atoms with Gasteiger partial charge in [-0.3, -0.25) is 4.90 Å². The molecule has 0 bridgehead atoms. The van der Waals surface area contributed by atoms with Gasteiger partial charge in [0, 0.05) is 32.7 Å². The van der Waals surface area contributed by atoms with Crippen molar-refractivity contribution in [3.8, 4) is 0 Å². The number of aromatic nitrogens is 1. The molecule has 1 aliphatic heterocycles. The van der Waals surface area contributed by atoms with Crippen molar-refractivity contribution in [2.45, 2.75) is 12.6 Å². The predicted octanol–water partition coefficient (Wildman–Crippen LogP) is 3.53.